The van der Waals surface area contributed by atoms with Crippen LogP contribution in [0.25, 0.3) is 0 Å². The lowest BCUT2D eigenvalue weighted by Gasteiger charge is -2.05. The highest BCUT2D eigenvalue weighted by molar-refractivity contribution is 4.34. The van der Waals surface area contributed by atoms with Crippen LogP contribution in [-0.4, -0.2) is 26.4 Å². The van der Waals surface area contributed by atoms with Gasteiger partial charge in [-0.25, -0.2) is 9.78 Å². The van der Waals surface area contributed by atoms with Gasteiger partial charge in [0.15, 0.2) is 0 Å². The highest BCUT2D eigenvalue weighted by atomic mass is 17.2. The van der Waals surface area contributed by atoms with Gasteiger partial charge in [-0.1, -0.05) is 0 Å². The van der Waals surface area contributed by atoms with Crippen molar-refractivity contribution in [2.24, 2.45) is 0 Å². The molecule has 3 nitrogen and oxygen atoms in total. The lowest BCUT2D eigenvalue weighted by atomic mass is 10.5. The Balaban J connectivity index is 2.75. The Bertz CT molecular complexity index is 54.3. The van der Waals surface area contributed by atoms with E-state index < -0.39 is 0 Å². The van der Waals surface area contributed by atoms with Gasteiger partial charge in [0.1, 0.15) is 6.61 Å². The lowest BCUT2D eigenvalue weighted by Crippen LogP contribution is -2.08. The topological polar surface area (TPSA) is 27.7 Å². The molecule has 0 rings (SSSR count). The summed E-state index contributed by atoms with van der Waals surface area (Å²) < 4.78 is 5.14. The van der Waals surface area contributed by atoms with Crippen molar-refractivity contribution in [2.75, 3.05) is 20.3 Å². The van der Waals surface area contributed by atoms with Crippen molar-refractivity contribution in [3.63, 3.8) is 0 Å². The fourth-order valence-electron chi connectivity index (χ4n) is 0.401. The maximum atomic E-state index is 5.14. The van der Waals surface area contributed by atoms with Crippen LogP contribution in [0.2, 0.25) is 0 Å². The van der Waals surface area contributed by atoms with Crippen molar-refractivity contribution < 1.29 is 14.5 Å². The molecule has 0 bridgehead atoms. The van der Waals surface area contributed by atoms with Crippen LogP contribution in [0.5, 0.6) is 0 Å². The third kappa shape index (κ3) is 7.88. The molecule has 0 heterocycles. The monoisotopic (exact) mass is 134 g/mol. The maximum absolute atomic E-state index is 5.14. The second-order valence-corrected chi connectivity index (χ2v) is 1.91. The minimum Gasteiger partial charge on any atom is -0.376 e. The van der Waals surface area contributed by atoms with Crippen molar-refractivity contribution in [3.8, 4) is 0 Å². The molecule has 0 N–H and O–H groups in total. The Morgan fingerprint density at radius 3 is 2.33 bits per heavy atom. The van der Waals surface area contributed by atoms with Gasteiger partial charge in [-0.15, -0.1) is 0 Å². The molecule has 0 amide bonds. The molecule has 0 aliphatic rings. The van der Waals surface area contributed by atoms with Crippen LogP contribution in [0.4, 0.5) is 0 Å². The predicted octanol–water partition coefficient (Wildman–Crippen LogP) is 0.989. The van der Waals surface area contributed by atoms with Crippen molar-refractivity contribution in [3.05, 3.63) is 0 Å². The van der Waals surface area contributed by atoms with Crippen LogP contribution in [-0.2, 0) is 14.5 Å². The summed E-state index contributed by atoms with van der Waals surface area (Å²) in [5.74, 6) is 0. The third-order valence-corrected chi connectivity index (χ3v) is 0.736. The lowest BCUT2D eigenvalue weighted by molar-refractivity contribution is -0.278. The van der Waals surface area contributed by atoms with Crippen LogP contribution >= 0.6 is 0 Å². The highest BCUT2D eigenvalue weighted by Crippen LogP contribution is 1.86. The summed E-state index contributed by atoms with van der Waals surface area (Å²) in [5, 5.41) is 0. The first kappa shape index (κ1) is 8.88. The van der Waals surface area contributed by atoms with Crippen LogP contribution in [0.3, 0.4) is 0 Å². The molecule has 0 saturated carbocycles. The van der Waals surface area contributed by atoms with E-state index in [1.54, 1.807) is 0 Å². The van der Waals surface area contributed by atoms with Crippen LogP contribution in [0.15, 0.2) is 0 Å². The standard InChI is InChI=1S/C6H14O3/c1-6(2)8-4-5-9-7-3/h6H,4-5H2,1-3H3. The molecule has 0 aromatic rings. The number of hydrogen-bond acceptors (Lipinski definition) is 3. The molecule has 0 fully saturated rings. The van der Waals surface area contributed by atoms with E-state index in [0.29, 0.717) is 13.2 Å². The van der Waals surface area contributed by atoms with Crippen LogP contribution in [0, 0.1) is 0 Å². The van der Waals surface area contributed by atoms with Gasteiger partial charge >= 0.3 is 0 Å². The molecule has 0 atom stereocenters. The van der Waals surface area contributed by atoms with E-state index in [1.165, 1.54) is 7.11 Å². The average Bonchev–Trinajstić information content (AvgIpc) is 1.80. The van der Waals surface area contributed by atoms with Crippen LogP contribution < -0.4 is 0 Å². The van der Waals surface area contributed by atoms with E-state index in [1.807, 2.05) is 13.8 Å². The van der Waals surface area contributed by atoms with E-state index in [4.69, 9.17) is 4.74 Å². The second-order valence-electron chi connectivity index (χ2n) is 1.91. The summed E-state index contributed by atoms with van der Waals surface area (Å²) in [6.07, 6.45) is 0.269. The molecular formula is C6H14O3. The Labute approximate surface area is 55.8 Å². The van der Waals surface area contributed by atoms with Gasteiger partial charge in [-0.2, -0.15) is 0 Å². The molecule has 0 saturated heterocycles. The van der Waals surface area contributed by atoms with E-state index in [9.17, 15) is 0 Å². The zero-order valence-corrected chi connectivity index (χ0v) is 6.22. The Morgan fingerprint density at radius 2 is 1.89 bits per heavy atom. The zero-order chi connectivity index (χ0) is 7.11. The second kappa shape index (κ2) is 6.01. The van der Waals surface area contributed by atoms with Gasteiger partial charge in [-0.05, 0) is 13.8 Å². The molecule has 0 aromatic carbocycles. The molecule has 0 spiro atoms. The van der Waals surface area contributed by atoms with Gasteiger partial charge < -0.3 is 4.74 Å². The molecule has 9 heavy (non-hydrogen) atoms. The minimum absolute atomic E-state index is 0.269. The first-order valence-electron chi connectivity index (χ1n) is 3.04. The Kier molecular flexibility index (Phi) is 5.93. The fraction of sp³-hybridized carbons (Fsp3) is 1.00. The van der Waals surface area contributed by atoms with Gasteiger partial charge in [0, 0.05) is 0 Å². The number of rotatable bonds is 5. The van der Waals surface area contributed by atoms with Gasteiger partial charge in [0.2, 0.25) is 0 Å². The first-order chi connectivity index (χ1) is 4.27. The molecule has 0 radical (unpaired) electrons. The van der Waals surface area contributed by atoms with Gasteiger partial charge in [0.25, 0.3) is 0 Å². The smallest absolute Gasteiger partial charge is 0.106 e. The fourth-order valence-corrected chi connectivity index (χ4v) is 0.401. The predicted molar refractivity (Wildman–Crippen MR) is 34.0 cm³/mol. The summed E-state index contributed by atoms with van der Waals surface area (Å²) in [4.78, 5) is 8.90. The summed E-state index contributed by atoms with van der Waals surface area (Å²) in [7, 11) is 1.48. The Morgan fingerprint density at radius 1 is 1.22 bits per heavy atom. The van der Waals surface area contributed by atoms with Gasteiger partial charge in [0.05, 0.1) is 19.8 Å². The SMILES string of the molecule is COOCCOC(C)C. The highest BCUT2D eigenvalue weighted by Gasteiger charge is 1.91. The maximum Gasteiger partial charge on any atom is 0.106 e. The Hall–Kier alpha value is -0.120. The first-order valence-corrected chi connectivity index (χ1v) is 3.04. The summed E-state index contributed by atoms with van der Waals surface area (Å²) in [6, 6.07) is 0. The molecular weight excluding hydrogens is 120 g/mol. The third-order valence-electron chi connectivity index (χ3n) is 0.736. The van der Waals surface area contributed by atoms with E-state index >= 15 is 0 Å². The molecule has 0 aromatic heterocycles. The minimum atomic E-state index is 0.269. The molecule has 0 aliphatic carbocycles. The van der Waals surface area contributed by atoms with E-state index in [2.05, 4.69) is 9.78 Å². The van der Waals surface area contributed by atoms with Crippen molar-refractivity contribution >= 4 is 0 Å². The number of hydrogen-bond donors (Lipinski definition) is 0. The quantitative estimate of drug-likeness (QED) is 0.319. The zero-order valence-electron chi connectivity index (χ0n) is 6.22. The number of ether oxygens (including phenoxy) is 1. The normalized spacial score (nSPS) is 10.7. The molecule has 0 aliphatic heterocycles. The van der Waals surface area contributed by atoms with Crippen molar-refractivity contribution in [1.82, 2.24) is 0 Å². The molecule has 56 valence electrons. The van der Waals surface area contributed by atoms with Gasteiger partial charge in [-0.3, -0.25) is 0 Å². The summed E-state index contributed by atoms with van der Waals surface area (Å²) >= 11 is 0. The average molecular weight is 134 g/mol. The summed E-state index contributed by atoms with van der Waals surface area (Å²) in [6.45, 7) is 5.04. The van der Waals surface area contributed by atoms with Crippen molar-refractivity contribution in [1.29, 1.82) is 0 Å². The van der Waals surface area contributed by atoms with E-state index in [0.717, 1.165) is 0 Å². The van der Waals surface area contributed by atoms with E-state index in [-0.39, 0.29) is 6.10 Å². The summed E-state index contributed by atoms with van der Waals surface area (Å²) in [5.41, 5.74) is 0. The molecule has 0 unspecified atom stereocenters. The van der Waals surface area contributed by atoms with Crippen LogP contribution in [0.1, 0.15) is 13.8 Å². The largest absolute Gasteiger partial charge is 0.376 e. The molecule has 3 heteroatoms. The van der Waals surface area contributed by atoms with Crippen molar-refractivity contribution in [2.45, 2.75) is 20.0 Å².